The molecule has 11 heteroatoms. The van der Waals surface area contributed by atoms with Gasteiger partial charge in [-0.3, -0.25) is 24.0 Å². The molecule has 5 amide bonds. The van der Waals surface area contributed by atoms with E-state index in [0.717, 1.165) is 0 Å². The van der Waals surface area contributed by atoms with Crippen molar-refractivity contribution in [3.8, 4) is 0 Å². The van der Waals surface area contributed by atoms with Crippen LogP contribution in [0.1, 0.15) is 81.6 Å². The lowest BCUT2D eigenvalue weighted by Crippen LogP contribution is -2.63. The van der Waals surface area contributed by atoms with Crippen molar-refractivity contribution in [1.29, 1.82) is 0 Å². The van der Waals surface area contributed by atoms with Gasteiger partial charge in [0.2, 0.25) is 29.5 Å². The van der Waals surface area contributed by atoms with Gasteiger partial charge in [-0.05, 0) is 43.9 Å². The van der Waals surface area contributed by atoms with Gasteiger partial charge in [0.15, 0.2) is 0 Å². The number of aliphatic hydroxyl groups excluding tert-OH is 1. The maximum Gasteiger partial charge on any atom is 0.246 e. The zero-order valence-electron chi connectivity index (χ0n) is 29.7. The summed E-state index contributed by atoms with van der Waals surface area (Å²) in [5.74, 6) is -2.98. The fourth-order valence-electron chi connectivity index (χ4n) is 5.32. The molecule has 11 nitrogen and oxygen atoms in total. The maximum atomic E-state index is 14.2. The maximum absolute atomic E-state index is 14.2. The number of allylic oxidation sites excluding steroid dienone is 2. The van der Waals surface area contributed by atoms with Crippen LogP contribution in [0.3, 0.4) is 0 Å². The van der Waals surface area contributed by atoms with Crippen LogP contribution in [0.15, 0.2) is 12.2 Å². The van der Waals surface area contributed by atoms with E-state index in [2.05, 4.69) is 5.32 Å². The van der Waals surface area contributed by atoms with E-state index in [4.69, 9.17) is 0 Å². The highest BCUT2D eigenvalue weighted by Gasteiger charge is 2.43. The number of nitrogens with zero attached hydrogens (tertiary/aromatic N) is 4. The van der Waals surface area contributed by atoms with Crippen LogP contribution in [0, 0.1) is 23.7 Å². The molecule has 0 radical (unpaired) electrons. The van der Waals surface area contributed by atoms with E-state index in [9.17, 15) is 29.1 Å². The smallest absolute Gasteiger partial charge is 0.246 e. The summed E-state index contributed by atoms with van der Waals surface area (Å²) in [7, 11) is 7.79. The minimum atomic E-state index is -1.33. The van der Waals surface area contributed by atoms with Crippen molar-refractivity contribution in [2.24, 2.45) is 23.7 Å². The lowest BCUT2D eigenvalue weighted by atomic mass is 9.91. The molecule has 0 aliphatic heterocycles. The molecule has 0 aromatic carbocycles. The van der Waals surface area contributed by atoms with Crippen molar-refractivity contribution in [3.05, 3.63) is 12.2 Å². The topological polar surface area (TPSA) is 131 Å². The Balaban J connectivity index is 6.67. The Morgan fingerprint density at radius 3 is 1.68 bits per heavy atom. The first-order chi connectivity index (χ1) is 20.3. The van der Waals surface area contributed by atoms with Crippen LogP contribution in [-0.4, -0.2) is 120 Å². The molecule has 0 rings (SSSR count). The number of carbonyl (C=O) groups excluding carboxylic acids is 5. The monoisotopic (exact) mass is 623 g/mol. The van der Waals surface area contributed by atoms with Crippen molar-refractivity contribution in [2.75, 3.05) is 35.2 Å². The van der Waals surface area contributed by atoms with E-state index in [1.54, 1.807) is 55.9 Å². The molecule has 0 fully saturated rings. The van der Waals surface area contributed by atoms with Gasteiger partial charge in [0, 0.05) is 41.2 Å². The lowest BCUT2D eigenvalue weighted by molar-refractivity contribution is -0.156. The highest BCUT2D eigenvalue weighted by molar-refractivity contribution is 5.96. The highest BCUT2D eigenvalue weighted by Crippen LogP contribution is 2.23. The van der Waals surface area contributed by atoms with Gasteiger partial charge < -0.3 is 30.0 Å². The zero-order valence-corrected chi connectivity index (χ0v) is 29.7. The van der Waals surface area contributed by atoms with Gasteiger partial charge in [-0.1, -0.05) is 67.5 Å². The molecule has 0 aliphatic carbocycles. The van der Waals surface area contributed by atoms with E-state index in [-0.39, 0.29) is 35.5 Å². The number of likely N-dealkylation sites (N-methyl/N-ethyl adjacent to an activating group) is 4. The van der Waals surface area contributed by atoms with Crippen LogP contribution in [-0.2, 0) is 24.0 Å². The van der Waals surface area contributed by atoms with Gasteiger partial charge in [-0.25, -0.2) is 0 Å². The Kier molecular flexibility index (Phi) is 17.5. The summed E-state index contributed by atoms with van der Waals surface area (Å²) < 4.78 is 0. The van der Waals surface area contributed by atoms with Crippen LogP contribution < -0.4 is 5.32 Å². The molecule has 2 N–H and O–H groups in total. The van der Waals surface area contributed by atoms with Crippen molar-refractivity contribution in [2.45, 2.75) is 112 Å². The molecule has 0 saturated carbocycles. The average Bonchev–Trinajstić information content (AvgIpc) is 2.95. The van der Waals surface area contributed by atoms with Crippen LogP contribution in [0.25, 0.3) is 0 Å². The fraction of sp³-hybridized carbons (Fsp3) is 0.788. The molecule has 0 aromatic heterocycles. The molecule has 0 heterocycles. The van der Waals surface area contributed by atoms with Gasteiger partial charge in [0.25, 0.3) is 0 Å². The molecule has 0 bridgehead atoms. The molecule has 0 saturated heterocycles. The third kappa shape index (κ3) is 11.2. The Labute approximate surface area is 266 Å². The molecule has 44 heavy (non-hydrogen) atoms. The third-order valence-electron chi connectivity index (χ3n) is 8.09. The normalized spacial score (nSPS) is 15.9. The largest absolute Gasteiger partial charge is 0.390 e. The van der Waals surface area contributed by atoms with Crippen LogP contribution in [0.2, 0.25) is 0 Å². The minimum absolute atomic E-state index is 0.105. The first kappa shape index (κ1) is 41.0. The van der Waals surface area contributed by atoms with E-state index in [1.165, 1.54) is 26.6 Å². The Hall–Kier alpha value is -2.95. The van der Waals surface area contributed by atoms with Crippen molar-refractivity contribution in [1.82, 2.24) is 24.9 Å². The zero-order chi connectivity index (χ0) is 34.6. The SMILES string of the molecule is C/C=C/C[C@@H](C)[C@@H](O)C(C(=O)NC(CC)C(=O)N(C)C)N(C)C(=O)[C@H](C(C)C)N(C)C(=O)[C@H](CC(C)C)N(C)C(=O)C(C)C. The summed E-state index contributed by atoms with van der Waals surface area (Å²) in [6.07, 6.45) is 3.67. The summed E-state index contributed by atoms with van der Waals surface area (Å²) in [4.78, 5) is 73.0. The number of hydrogen-bond acceptors (Lipinski definition) is 6. The predicted octanol–water partition coefficient (Wildman–Crippen LogP) is 2.77. The number of hydrogen-bond donors (Lipinski definition) is 2. The van der Waals surface area contributed by atoms with E-state index in [1.807, 2.05) is 46.8 Å². The minimum Gasteiger partial charge on any atom is -0.390 e. The standard InChI is InChI=1S/C33H61N5O6/c1-15-17-18-23(9)28(39)27(29(40)34-24(16-2)31(42)35(10)11)38(14)33(44)26(21(5)6)37(13)32(43)25(19-20(3)4)36(12)30(41)22(7)8/h15,17,20-28,39H,16,18-19H2,1-14H3,(H,34,40)/b17-15+/t23-,24?,25+,26+,27?,28-/m1/s1. The number of rotatable bonds is 17. The Bertz CT molecular complexity index is 995. The van der Waals surface area contributed by atoms with Gasteiger partial charge in [0.05, 0.1) is 6.10 Å². The summed E-state index contributed by atoms with van der Waals surface area (Å²) in [5.41, 5.74) is 0. The van der Waals surface area contributed by atoms with Crippen LogP contribution in [0.5, 0.6) is 0 Å². The molecule has 0 spiro atoms. The molecule has 0 aromatic rings. The second kappa shape index (κ2) is 18.8. The van der Waals surface area contributed by atoms with Gasteiger partial charge in [-0.15, -0.1) is 0 Å². The van der Waals surface area contributed by atoms with Crippen molar-refractivity contribution < 1.29 is 29.1 Å². The fourth-order valence-corrected chi connectivity index (χ4v) is 5.32. The lowest BCUT2D eigenvalue weighted by Gasteiger charge is -2.41. The van der Waals surface area contributed by atoms with Gasteiger partial charge in [-0.2, -0.15) is 0 Å². The van der Waals surface area contributed by atoms with Gasteiger partial charge >= 0.3 is 0 Å². The number of aliphatic hydroxyl groups is 1. The van der Waals surface area contributed by atoms with Crippen molar-refractivity contribution >= 4 is 29.5 Å². The van der Waals surface area contributed by atoms with Crippen LogP contribution in [0.4, 0.5) is 0 Å². The number of amides is 5. The van der Waals surface area contributed by atoms with E-state index >= 15 is 0 Å². The first-order valence-electron chi connectivity index (χ1n) is 15.9. The Morgan fingerprint density at radius 1 is 0.750 bits per heavy atom. The number of carbonyl (C=O) groups is 5. The second-order valence-electron chi connectivity index (χ2n) is 13.3. The number of nitrogens with one attached hydrogen (secondary N) is 1. The molecule has 2 unspecified atom stereocenters. The van der Waals surface area contributed by atoms with E-state index in [0.29, 0.717) is 19.3 Å². The second-order valence-corrected chi connectivity index (χ2v) is 13.3. The molecular formula is C33H61N5O6. The van der Waals surface area contributed by atoms with Crippen LogP contribution >= 0.6 is 0 Å². The van der Waals surface area contributed by atoms with Gasteiger partial charge in [0.1, 0.15) is 24.2 Å². The molecular weight excluding hydrogens is 562 g/mol. The van der Waals surface area contributed by atoms with E-state index < -0.39 is 48.0 Å². The molecule has 254 valence electrons. The quantitative estimate of drug-likeness (QED) is 0.240. The first-order valence-corrected chi connectivity index (χ1v) is 15.9. The Morgan fingerprint density at radius 2 is 1.27 bits per heavy atom. The average molecular weight is 624 g/mol. The van der Waals surface area contributed by atoms with Crippen molar-refractivity contribution in [3.63, 3.8) is 0 Å². The predicted molar refractivity (Wildman–Crippen MR) is 174 cm³/mol. The summed E-state index contributed by atoms with van der Waals surface area (Å²) >= 11 is 0. The summed E-state index contributed by atoms with van der Waals surface area (Å²) in [6, 6.07) is -3.92. The summed E-state index contributed by atoms with van der Waals surface area (Å²) in [6.45, 7) is 16.5. The highest BCUT2D eigenvalue weighted by atomic mass is 16.3. The molecule has 0 aliphatic rings. The summed E-state index contributed by atoms with van der Waals surface area (Å²) in [5, 5.41) is 14.2. The third-order valence-corrected chi connectivity index (χ3v) is 8.09. The molecule has 6 atom stereocenters.